The smallest absolute Gasteiger partial charge is 0.264 e. The van der Waals surface area contributed by atoms with Gasteiger partial charge >= 0.3 is 0 Å². The fourth-order valence-corrected chi connectivity index (χ4v) is 3.03. The Kier molecular flexibility index (Phi) is 5.09. The molecule has 4 aromatic rings. The van der Waals surface area contributed by atoms with Crippen LogP contribution in [0, 0.1) is 12.7 Å². The molecule has 2 aromatic carbocycles. The molecule has 0 spiro atoms. The Bertz CT molecular complexity index is 1200. The van der Waals surface area contributed by atoms with Crippen LogP contribution < -0.4 is 10.3 Å². The normalized spacial score (nSPS) is 12.2. The third-order valence-corrected chi connectivity index (χ3v) is 4.56. The van der Waals surface area contributed by atoms with E-state index in [4.69, 9.17) is 4.74 Å². The van der Waals surface area contributed by atoms with E-state index in [0.29, 0.717) is 22.5 Å². The van der Waals surface area contributed by atoms with Crippen LogP contribution in [0.25, 0.3) is 16.7 Å². The van der Waals surface area contributed by atoms with Crippen molar-refractivity contribution in [2.75, 3.05) is 6.61 Å². The Morgan fingerprint density at radius 1 is 1.17 bits per heavy atom. The summed E-state index contributed by atoms with van der Waals surface area (Å²) in [6.45, 7) is 2.00. The molecule has 8 heteroatoms. The second kappa shape index (κ2) is 7.84. The molecule has 0 amide bonds. The number of halogens is 1. The van der Waals surface area contributed by atoms with Crippen LogP contribution in [0.1, 0.15) is 5.56 Å². The van der Waals surface area contributed by atoms with Crippen molar-refractivity contribution in [1.29, 1.82) is 0 Å². The Morgan fingerprint density at radius 2 is 1.93 bits per heavy atom. The first-order valence-electron chi connectivity index (χ1n) is 9.08. The Labute approximate surface area is 165 Å². The highest BCUT2D eigenvalue weighted by Gasteiger charge is 2.14. The maximum atomic E-state index is 13.1. The van der Waals surface area contributed by atoms with Gasteiger partial charge in [-0.1, -0.05) is 18.2 Å². The summed E-state index contributed by atoms with van der Waals surface area (Å²) in [5, 5.41) is 14.8. The van der Waals surface area contributed by atoms with E-state index in [1.165, 1.54) is 33.9 Å². The van der Waals surface area contributed by atoms with Gasteiger partial charge < -0.3 is 9.84 Å². The minimum absolute atomic E-state index is 0.0371. The highest BCUT2D eigenvalue weighted by atomic mass is 19.1. The van der Waals surface area contributed by atoms with Gasteiger partial charge in [0.05, 0.1) is 18.4 Å². The van der Waals surface area contributed by atoms with Crippen LogP contribution in [0.5, 0.6) is 5.75 Å². The van der Waals surface area contributed by atoms with Crippen LogP contribution in [0.15, 0.2) is 65.8 Å². The number of ether oxygens (including phenoxy) is 1. The summed E-state index contributed by atoms with van der Waals surface area (Å²) in [6.07, 6.45) is 1.89. The van der Waals surface area contributed by atoms with E-state index in [2.05, 4.69) is 10.1 Å². The van der Waals surface area contributed by atoms with Crippen LogP contribution in [0.4, 0.5) is 4.39 Å². The predicted molar refractivity (Wildman–Crippen MR) is 106 cm³/mol. The minimum Gasteiger partial charge on any atom is -0.491 e. The van der Waals surface area contributed by atoms with Gasteiger partial charge in [-0.2, -0.15) is 5.10 Å². The van der Waals surface area contributed by atoms with Crippen molar-refractivity contribution in [3.63, 3.8) is 0 Å². The summed E-state index contributed by atoms with van der Waals surface area (Å²) in [6, 6.07) is 13.3. The zero-order valence-electron chi connectivity index (χ0n) is 15.7. The molecule has 0 aliphatic rings. The van der Waals surface area contributed by atoms with Crippen LogP contribution in [0.3, 0.4) is 0 Å². The fourth-order valence-electron chi connectivity index (χ4n) is 3.03. The van der Waals surface area contributed by atoms with Gasteiger partial charge in [0, 0.05) is 0 Å². The summed E-state index contributed by atoms with van der Waals surface area (Å²) in [5.41, 5.74) is 1.60. The molecule has 0 aliphatic heterocycles. The van der Waals surface area contributed by atoms with Crippen molar-refractivity contribution < 1.29 is 14.2 Å². The average molecular weight is 394 g/mol. The first-order chi connectivity index (χ1) is 14.0. The number of rotatable bonds is 6. The lowest BCUT2D eigenvalue weighted by Gasteiger charge is -2.15. The third-order valence-electron chi connectivity index (χ3n) is 4.56. The number of hydrogen-bond acceptors (Lipinski definition) is 5. The largest absolute Gasteiger partial charge is 0.491 e. The zero-order valence-corrected chi connectivity index (χ0v) is 15.7. The first kappa shape index (κ1) is 18.8. The number of fused-ring (bicyclic) bond motifs is 1. The Hall–Kier alpha value is -3.52. The number of benzene rings is 2. The number of aromatic nitrogens is 4. The lowest BCUT2D eigenvalue weighted by molar-refractivity contribution is 0.0911. The molecule has 7 nitrogen and oxygen atoms in total. The van der Waals surface area contributed by atoms with Gasteiger partial charge in [-0.05, 0) is 42.8 Å². The molecule has 0 aliphatic carbocycles. The molecule has 29 heavy (non-hydrogen) atoms. The van der Waals surface area contributed by atoms with E-state index < -0.39 is 6.10 Å². The molecule has 0 fully saturated rings. The lowest BCUT2D eigenvalue weighted by Crippen LogP contribution is -2.30. The van der Waals surface area contributed by atoms with E-state index in [9.17, 15) is 14.3 Å². The van der Waals surface area contributed by atoms with Crippen molar-refractivity contribution in [2.24, 2.45) is 0 Å². The molecule has 0 saturated heterocycles. The van der Waals surface area contributed by atoms with Gasteiger partial charge in [0.2, 0.25) is 0 Å². The van der Waals surface area contributed by atoms with E-state index in [1.807, 2.05) is 31.2 Å². The third kappa shape index (κ3) is 3.88. The number of aryl methyl sites for hydroxylation is 1. The Balaban J connectivity index is 1.53. The summed E-state index contributed by atoms with van der Waals surface area (Å²) in [4.78, 5) is 17.1. The van der Waals surface area contributed by atoms with E-state index >= 15 is 0 Å². The van der Waals surface area contributed by atoms with Crippen molar-refractivity contribution in [3.05, 3.63) is 82.8 Å². The molecule has 1 N–H and O–H groups in total. The summed E-state index contributed by atoms with van der Waals surface area (Å²) < 4.78 is 21.6. The monoisotopic (exact) mass is 394 g/mol. The number of nitrogens with zero attached hydrogens (tertiary/aromatic N) is 4. The van der Waals surface area contributed by atoms with Gasteiger partial charge in [-0.3, -0.25) is 9.36 Å². The van der Waals surface area contributed by atoms with Gasteiger partial charge in [0.15, 0.2) is 5.65 Å². The van der Waals surface area contributed by atoms with Crippen LogP contribution >= 0.6 is 0 Å². The van der Waals surface area contributed by atoms with Crippen molar-refractivity contribution in [2.45, 2.75) is 19.6 Å². The number of aliphatic hydroxyl groups is 1. The summed E-state index contributed by atoms with van der Waals surface area (Å²) >= 11 is 0. The zero-order chi connectivity index (χ0) is 20.4. The maximum Gasteiger partial charge on any atom is 0.264 e. The highest BCUT2D eigenvalue weighted by molar-refractivity contribution is 5.74. The number of hydrogen-bond donors (Lipinski definition) is 1. The standard InChI is InChI=1S/C21H19FN4O3/c1-14-4-2-3-5-19(14)29-12-17(27)11-25-13-23-20-18(21(25)28)10-24-26(20)16-8-6-15(22)7-9-16/h2-10,13,17,27H,11-12H2,1H3/t17-/m0/s1. The molecule has 2 heterocycles. The van der Waals surface area contributed by atoms with Crippen LogP contribution in [-0.2, 0) is 6.54 Å². The SMILES string of the molecule is Cc1ccccc1OC[C@@H](O)Cn1cnc2c(cnn2-c2ccc(F)cc2)c1=O. The van der Waals surface area contributed by atoms with Crippen LogP contribution in [0.2, 0.25) is 0 Å². The van der Waals surface area contributed by atoms with Gasteiger partial charge in [-0.25, -0.2) is 14.1 Å². The van der Waals surface area contributed by atoms with Gasteiger partial charge in [0.1, 0.15) is 36.0 Å². The van der Waals surface area contributed by atoms with Crippen LogP contribution in [-0.4, -0.2) is 37.1 Å². The van der Waals surface area contributed by atoms with Crippen molar-refractivity contribution in [1.82, 2.24) is 19.3 Å². The number of aliphatic hydroxyl groups excluding tert-OH is 1. The molecule has 0 saturated carbocycles. The quantitative estimate of drug-likeness (QED) is 0.543. The second-order valence-electron chi connectivity index (χ2n) is 6.70. The van der Waals surface area contributed by atoms with Crippen molar-refractivity contribution in [3.8, 4) is 11.4 Å². The molecular weight excluding hydrogens is 375 g/mol. The molecule has 0 radical (unpaired) electrons. The fraction of sp³-hybridized carbons (Fsp3) is 0.190. The summed E-state index contributed by atoms with van der Waals surface area (Å²) in [7, 11) is 0. The minimum atomic E-state index is -0.890. The molecular formula is C21H19FN4O3. The molecule has 4 rings (SSSR count). The molecule has 1 atom stereocenters. The van der Waals surface area contributed by atoms with Crippen molar-refractivity contribution >= 4 is 11.0 Å². The highest BCUT2D eigenvalue weighted by Crippen LogP contribution is 2.17. The topological polar surface area (TPSA) is 82.2 Å². The summed E-state index contributed by atoms with van der Waals surface area (Å²) in [5.74, 6) is 0.329. The second-order valence-corrected chi connectivity index (χ2v) is 6.70. The van der Waals surface area contributed by atoms with E-state index in [-0.39, 0.29) is 24.5 Å². The lowest BCUT2D eigenvalue weighted by atomic mass is 10.2. The molecule has 0 bridgehead atoms. The predicted octanol–water partition coefficient (Wildman–Crippen LogP) is 2.47. The van der Waals surface area contributed by atoms with Gasteiger partial charge in [0.25, 0.3) is 5.56 Å². The first-order valence-corrected chi connectivity index (χ1v) is 9.08. The molecule has 148 valence electrons. The molecule has 2 aromatic heterocycles. The Morgan fingerprint density at radius 3 is 2.69 bits per heavy atom. The maximum absolute atomic E-state index is 13.1. The van der Waals surface area contributed by atoms with E-state index in [0.717, 1.165) is 5.56 Å². The number of para-hydroxylation sites is 1. The van der Waals surface area contributed by atoms with E-state index in [1.54, 1.807) is 12.1 Å². The molecule has 0 unspecified atom stereocenters. The average Bonchev–Trinajstić information content (AvgIpc) is 3.15. The van der Waals surface area contributed by atoms with Gasteiger partial charge in [-0.15, -0.1) is 0 Å².